The molecule has 1 amide bonds. The molecule has 0 fully saturated rings. The van der Waals surface area contributed by atoms with Gasteiger partial charge in [-0.3, -0.25) is 10.2 Å². The van der Waals surface area contributed by atoms with E-state index in [0.717, 1.165) is 18.6 Å². The van der Waals surface area contributed by atoms with Crippen LogP contribution in [-0.4, -0.2) is 12.5 Å². The van der Waals surface area contributed by atoms with E-state index < -0.39 is 0 Å². The fourth-order valence-electron chi connectivity index (χ4n) is 1.84. The van der Waals surface area contributed by atoms with E-state index in [4.69, 9.17) is 10.6 Å². The van der Waals surface area contributed by atoms with Gasteiger partial charge in [-0.15, -0.1) is 0 Å². The first kappa shape index (κ1) is 15.5. The van der Waals surface area contributed by atoms with E-state index in [9.17, 15) is 4.79 Å². The summed E-state index contributed by atoms with van der Waals surface area (Å²) in [5, 5.41) is 0. The number of nitrogens with one attached hydrogen (secondary N) is 1. The third-order valence-corrected chi connectivity index (χ3v) is 2.97. The molecule has 0 aliphatic carbocycles. The number of hydrogen-bond acceptors (Lipinski definition) is 3. The lowest BCUT2D eigenvalue weighted by atomic mass is 10.0. The van der Waals surface area contributed by atoms with Crippen molar-refractivity contribution in [1.29, 1.82) is 0 Å². The molecule has 19 heavy (non-hydrogen) atoms. The van der Waals surface area contributed by atoms with E-state index in [-0.39, 0.29) is 5.91 Å². The number of carbonyl (C=O) groups is 1. The molecule has 4 nitrogen and oxygen atoms in total. The zero-order chi connectivity index (χ0) is 14.3. The molecule has 0 atom stereocenters. The number of aryl methyl sites for hydroxylation is 1. The van der Waals surface area contributed by atoms with Crippen molar-refractivity contribution in [2.24, 2.45) is 5.84 Å². The first-order valence-electron chi connectivity index (χ1n) is 6.76. The number of carbonyl (C=O) groups excluding carboxylic acids is 1. The Hall–Kier alpha value is -1.55. The standard InChI is InChI=1S/C15H24N2O2/c1-11(2)13-8-12(3)9-14(10-13)19-7-5-4-6-15(18)17-16/h8-11H,4-7,16H2,1-3H3,(H,17,18). The Morgan fingerprint density at radius 3 is 2.68 bits per heavy atom. The van der Waals surface area contributed by atoms with E-state index in [2.05, 4.69) is 38.3 Å². The lowest BCUT2D eigenvalue weighted by molar-refractivity contribution is -0.121. The SMILES string of the molecule is Cc1cc(OCCCCC(=O)NN)cc(C(C)C)c1. The van der Waals surface area contributed by atoms with Gasteiger partial charge in [-0.2, -0.15) is 0 Å². The average Bonchev–Trinajstić information content (AvgIpc) is 2.37. The minimum atomic E-state index is -0.127. The van der Waals surface area contributed by atoms with Crippen LogP contribution in [-0.2, 0) is 4.79 Å². The van der Waals surface area contributed by atoms with Crippen molar-refractivity contribution in [3.8, 4) is 5.75 Å². The molecule has 4 heteroatoms. The normalized spacial score (nSPS) is 10.6. The number of ether oxygens (including phenoxy) is 1. The number of hydrogen-bond donors (Lipinski definition) is 2. The molecule has 1 rings (SSSR count). The van der Waals surface area contributed by atoms with Gasteiger partial charge in [0.15, 0.2) is 0 Å². The van der Waals surface area contributed by atoms with Gasteiger partial charge < -0.3 is 4.74 Å². The van der Waals surface area contributed by atoms with Crippen LogP contribution in [0.3, 0.4) is 0 Å². The molecule has 0 aromatic heterocycles. The second-order valence-electron chi connectivity index (χ2n) is 5.11. The molecule has 0 saturated heterocycles. The molecule has 1 aromatic carbocycles. The minimum absolute atomic E-state index is 0.127. The van der Waals surface area contributed by atoms with Crippen molar-refractivity contribution in [3.05, 3.63) is 29.3 Å². The van der Waals surface area contributed by atoms with Crippen molar-refractivity contribution in [2.45, 2.75) is 46.0 Å². The van der Waals surface area contributed by atoms with E-state index in [1.54, 1.807) is 0 Å². The molecule has 0 aliphatic rings. The van der Waals surface area contributed by atoms with Crippen LogP contribution < -0.4 is 16.0 Å². The third-order valence-electron chi connectivity index (χ3n) is 2.97. The first-order chi connectivity index (χ1) is 9.02. The lowest BCUT2D eigenvalue weighted by Gasteiger charge is -2.11. The Kier molecular flexibility index (Phi) is 6.36. The van der Waals surface area contributed by atoms with Crippen molar-refractivity contribution in [3.63, 3.8) is 0 Å². The summed E-state index contributed by atoms with van der Waals surface area (Å²) in [6, 6.07) is 6.31. The summed E-state index contributed by atoms with van der Waals surface area (Å²) in [4.78, 5) is 10.9. The summed E-state index contributed by atoms with van der Waals surface area (Å²) in [5.74, 6) is 6.29. The molecule has 0 unspecified atom stereocenters. The molecule has 1 aromatic rings. The molecule has 0 saturated carbocycles. The van der Waals surface area contributed by atoms with E-state index in [1.165, 1.54) is 11.1 Å². The fourth-order valence-corrected chi connectivity index (χ4v) is 1.84. The second-order valence-corrected chi connectivity index (χ2v) is 5.11. The van der Waals surface area contributed by atoms with Crippen molar-refractivity contribution >= 4 is 5.91 Å². The highest BCUT2D eigenvalue weighted by atomic mass is 16.5. The average molecular weight is 264 g/mol. The summed E-state index contributed by atoms with van der Waals surface area (Å²) in [6.07, 6.45) is 2.08. The molecular formula is C15H24N2O2. The summed E-state index contributed by atoms with van der Waals surface area (Å²) >= 11 is 0. The highest BCUT2D eigenvalue weighted by Crippen LogP contribution is 2.22. The molecular weight excluding hydrogens is 240 g/mol. The van der Waals surface area contributed by atoms with Gasteiger partial charge in [0.25, 0.3) is 0 Å². The molecule has 3 N–H and O–H groups in total. The van der Waals surface area contributed by atoms with Gasteiger partial charge >= 0.3 is 0 Å². The number of unbranched alkanes of at least 4 members (excludes halogenated alkanes) is 1. The van der Waals surface area contributed by atoms with E-state index >= 15 is 0 Å². The van der Waals surface area contributed by atoms with Crippen LogP contribution in [0.15, 0.2) is 18.2 Å². The summed E-state index contributed by atoms with van der Waals surface area (Å²) < 4.78 is 5.73. The van der Waals surface area contributed by atoms with Crippen molar-refractivity contribution < 1.29 is 9.53 Å². The summed E-state index contributed by atoms with van der Waals surface area (Å²) in [6.45, 7) is 7.04. The molecule has 0 spiro atoms. The topological polar surface area (TPSA) is 64.3 Å². The minimum Gasteiger partial charge on any atom is -0.494 e. The number of benzene rings is 1. The van der Waals surface area contributed by atoms with E-state index in [1.807, 2.05) is 6.07 Å². The van der Waals surface area contributed by atoms with Crippen molar-refractivity contribution in [1.82, 2.24) is 5.43 Å². The second kappa shape index (κ2) is 7.79. The highest BCUT2D eigenvalue weighted by Gasteiger charge is 2.04. The van der Waals surface area contributed by atoms with Crippen LogP contribution in [0, 0.1) is 6.92 Å². The predicted molar refractivity (Wildman–Crippen MR) is 76.9 cm³/mol. The summed E-state index contributed by atoms with van der Waals surface area (Å²) in [7, 11) is 0. The maximum atomic E-state index is 10.9. The maximum Gasteiger partial charge on any atom is 0.233 e. The first-order valence-corrected chi connectivity index (χ1v) is 6.76. The number of nitrogens with two attached hydrogens (primary N) is 1. The number of hydrazine groups is 1. The fraction of sp³-hybridized carbons (Fsp3) is 0.533. The monoisotopic (exact) mass is 264 g/mol. The van der Waals surface area contributed by atoms with Gasteiger partial charge in [0, 0.05) is 6.42 Å². The quantitative estimate of drug-likeness (QED) is 0.344. The van der Waals surface area contributed by atoms with Crippen LogP contribution in [0.25, 0.3) is 0 Å². The van der Waals surface area contributed by atoms with Crippen molar-refractivity contribution in [2.75, 3.05) is 6.61 Å². The summed E-state index contributed by atoms with van der Waals surface area (Å²) in [5.41, 5.74) is 4.62. The predicted octanol–water partition coefficient (Wildman–Crippen LogP) is 2.66. The largest absolute Gasteiger partial charge is 0.494 e. The zero-order valence-electron chi connectivity index (χ0n) is 12.0. The Bertz CT molecular complexity index is 417. The van der Waals surface area contributed by atoms with Crippen LogP contribution in [0.2, 0.25) is 0 Å². The molecule has 0 radical (unpaired) electrons. The van der Waals surface area contributed by atoms with E-state index in [0.29, 0.717) is 18.9 Å². The van der Waals surface area contributed by atoms with Crippen LogP contribution >= 0.6 is 0 Å². The van der Waals surface area contributed by atoms with Crippen LogP contribution in [0.4, 0.5) is 0 Å². The Balaban J connectivity index is 2.39. The van der Waals surface area contributed by atoms with Gasteiger partial charge in [0.2, 0.25) is 5.91 Å². The Morgan fingerprint density at radius 1 is 1.32 bits per heavy atom. The molecule has 106 valence electrons. The third kappa shape index (κ3) is 5.75. The molecule has 0 bridgehead atoms. The maximum absolute atomic E-state index is 10.9. The van der Waals surface area contributed by atoms with Crippen LogP contribution in [0.1, 0.15) is 50.2 Å². The van der Waals surface area contributed by atoms with Gasteiger partial charge in [0.05, 0.1) is 6.61 Å². The smallest absolute Gasteiger partial charge is 0.233 e. The van der Waals surface area contributed by atoms with Gasteiger partial charge in [0.1, 0.15) is 5.75 Å². The zero-order valence-corrected chi connectivity index (χ0v) is 12.0. The number of rotatable bonds is 7. The van der Waals surface area contributed by atoms with Crippen LogP contribution in [0.5, 0.6) is 5.75 Å². The number of amides is 1. The van der Waals surface area contributed by atoms with Gasteiger partial charge in [-0.1, -0.05) is 19.9 Å². The molecule has 0 aliphatic heterocycles. The highest BCUT2D eigenvalue weighted by molar-refractivity contribution is 5.75. The Morgan fingerprint density at radius 2 is 2.05 bits per heavy atom. The van der Waals surface area contributed by atoms with Gasteiger partial charge in [-0.25, -0.2) is 5.84 Å². The molecule has 0 heterocycles. The lowest BCUT2D eigenvalue weighted by Crippen LogP contribution is -2.29. The Labute approximate surface area is 115 Å². The van der Waals surface area contributed by atoms with Gasteiger partial charge in [-0.05, 0) is 48.9 Å².